The number of nitrogens with one attached hydrogen (secondary N) is 1. The van der Waals surface area contributed by atoms with E-state index in [1.165, 1.54) is 10.5 Å². The maximum atomic E-state index is 13.6. The Labute approximate surface area is 252 Å². The summed E-state index contributed by atoms with van der Waals surface area (Å²) in [6, 6.07) is 22.7. The first-order valence-electron chi connectivity index (χ1n) is 14.5. The minimum absolute atomic E-state index is 0.120. The van der Waals surface area contributed by atoms with Crippen molar-refractivity contribution in [1.29, 1.82) is 0 Å². The number of aromatic nitrogens is 2. The van der Waals surface area contributed by atoms with Crippen molar-refractivity contribution in [1.82, 2.24) is 14.5 Å². The minimum Gasteiger partial charge on any atom is -0.497 e. The molecule has 0 aliphatic carbocycles. The zero-order valence-corrected chi connectivity index (χ0v) is 25.1. The number of hydrogen-bond acceptors (Lipinski definition) is 6. The fraction of sp³-hybridized carbons (Fsp3) is 0.324. The lowest BCUT2D eigenvalue weighted by atomic mass is 10.0. The number of carbonyl (C=O) groups is 2. The molecule has 5 rings (SSSR count). The largest absolute Gasteiger partial charge is 0.497 e. The number of hydrogen-bond donors (Lipinski definition) is 1. The lowest BCUT2D eigenvalue weighted by Crippen LogP contribution is -2.42. The van der Waals surface area contributed by atoms with Crippen LogP contribution in [-0.2, 0) is 9.53 Å². The molecular weight excluding hydrogens is 544 g/mol. The average Bonchev–Trinajstić information content (AvgIpc) is 3.70. The number of anilines is 1. The maximum Gasteiger partial charge on any atom is 0.254 e. The van der Waals surface area contributed by atoms with Crippen LogP contribution in [0.1, 0.15) is 48.5 Å². The van der Waals surface area contributed by atoms with Crippen molar-refractivity contribution < 1.29 is 23.8 Å². The van der Waals surface area contributed by atoms with Crippen molar-refractivity contribution in [2.75, 3.05) is 39.2 Å². The topological polar surface area (TPSA) is 94.9 Å². The second-order valence-electron chi connectivity index (χ2n) is 10.9. The van der Waals surface area contributed by atoms with Crippen molar-refractivity contribution in [2.24, 2.45) is 0 Å². The van der Waals surface area contributed by atoms with Gasteiger partial charge in [0.25, 0.3) is 5.91 Å². The van der Waals surface area contributed by atoms with Gasteiger partial charge in [-0.1, -0.05) is 32.0 Å². The zero-order valence-electron chi connectivity index (χ0n) is 25.1. The molecule has 9 heteroatoms. The van der Waals surface area contributed by atoms with Crippen LogP contribution in [0.2, 0.25) is 0 Å². The van der Waals surface area contributed by atoms with Crippen molar-refractivity contribution in [3.8, 4) is 28.4 Å². The molecule has 0 saturated carbocycles. The predicted molar refractivity (Wildman–Crippen MR) is 166 cm³/mol. The fourth-order valence-electron chi connectivity index (χ4n) is 5.12. The Morgan fingerprint density at radius 1 is 1.02 bits per heavy atom. The molecule has 3 aromatic carbocycles. The van der Waals surface area contributed by atoms with E-state index in [0.717, 1.165) is 29.8 Å². The highest BCUT2D eigenvalue weighted by molar-refractivity contribution is 5.99. The lowest BCUT2D eigenvalue weighted by Gasteiger charge is -2.25. The lowest BCUT2D eigenvalue weighted by molar-refractivity contribution is -0.117. The van der Waals surface area contributed by atoms with Crippen LogP contribution in [0.25, 0.3) is 16.9 Å². The Morgan fingerprint density at radius 3 is 2.42 bits per heavy atom. The zero-order chi connectivity index (χ0) is 30.3. The minimum atomic E-state index is -0.360. The number of benzene rings is 3. The van der Waals surface area contributed by atoms with Gasteiger partial charge in [0.1, 0.15) is 18.0 Å². The van der Waals surface area contributed by atoms with E-state index in [1.807, 2.05) is 47.2 Å². The number of imidazole rings is 1. The van der Waals surface area contributed by atoms with Crippen molar-refractivity contribution in [2.45, 2.75) is 38.7 Å². The number of nitrogens with zero attached hydrogens (tertiary/aromatic N) is 3. The van der Waals surface area contributed by atoms with E-state index in [4.69, 9.17) is 19.2 Å². The van der Waals surface area contributed by atoms with Gasteiger partial charge in [0, 0.05) is 36.2 Å². The molecule has 43 heavy (non-hydrogen) atoms. The molecule has 2 heterocycles. The smallest absolute Gasteiger partial charge is 0.254 e. The normalized spacial score (nSPS) is 14.5. The Hall–Kier alpha value is -4.63. The summed E-state index contributed by atoms with van der Waals surface area (Å²) < 4.78 is 18.3. The van der Waals surface area contributed by atoms with Gasteiger partial charge in [-0.15, -0.1) is 0 Å². The molecular formula is C34H38N4O5. The third-order valence-electron chi connectivity index (χ3n) is 7.57. The van der Waals surface area contributed by atoms with Crippen molar-refractivity contribution >= 4 is 17.8 Å². The number of ether oxygens (including phenoxy) is 3. The van der Waals surface area contributed by atoms with Crippen LogP contribution in [0.3, 0.4) is 0 Å². The van der Waals surface area contributed by atoms with E-state index in [0.29, 0.717) is 42.0 Å². The predicted octanol–water partition coefficient (Wildman–Crippen LogP) is 5.94. The molecule has 1 fully saturated rings. The van der Waals surface area contributed by atoms with Gasteiger partial charge in [0.05, 0.1) is 26.0 Å². The quantitative estimate of drug-likeness (QED) is 0.235. The number of carbonyl (C=O) groups excluding carboxylic acids is 2. The summed E-state index contributed by atoms with van der Waals surface area (Å²) in [4.78, 5) is 33.5. The van der Waals surface area contributed by atoms with Gasteiger partial charge >= 0.3 is 0 Å². The van der Waals surface area contributed by atoms with E-state index < -0.39 is 0 Å². The SMILES string of the molecule is COc1ccc(-c2cn(-c3ccc(C(C)C)cc3)c(NC(=O)CN(C[C@H]3CCCO3)C(=O)c3cccc(OC)c3)n2)cc1. The van der Waals surface area contributed by atoms with Crippen LogP contribution in [0, 0.1) is 0 Å². The first kappa shape index (κ1) is 29.8. The molecule has 2 amide bonds. The van der Waals surface area contributed by atoms with Crippen LogP contribution in [0.15, 0.2) is 79.0 Å². The van der Waals surface area contributed by atoms with Gasteiger partial charge in [-0.05, 0) is 78.9 Å². The second-order valence-corrected chi connectivity index (χ2v) is 10.9. The first-order valence-corrected chi connectivity index (χ1v) is 14.5. The van der Waals surface area contributed by atoms with E-state index >= 15 is 0 Å². The molecule has 1 aliphatic heterocycles. The Kier molecular flexibility index (Phi) is 9.41. The van der Waals surface area contributed by atoms with Gasteiger partial charge in [-0.2, -0.15) is 0 Å². The summed E-state index contributed by atoms with van der Waals surface area (Å²) in [5.74, 6) is 1.44. The van der Waals surface area contributed by atoms with Crippen LogP contribution in [-0.4, -0.2) is 66.3 Å². The molecule has 0 spiro atoms. The van der Waals surface area contributed by atoms with Gasteiger partial charge in [-0.25, -0.2) is 4.98 Å². The number of rotatable bonds is 11. The maximum absolute atomic E-state index is 13.6. The highest BCUT2D eigenvalue weighted by Crippen LogP contribution is 2.27. The molecule has 224 valence electrons. The number of amides is 2. The van der Waals surface area contributed by atoms with Crippen LogP contribution in [0.5, 0.6) is 11.5 Å². The molecule has 1 atom stereocenters. The fourth-order valence-corrected chi connectivity index (χ4v) is 5.12. The third-order valence-corrected chi connectivity index (χ3v) is 7.57. The highest BCUT2D eigenvalue weighted by atomic mass is 16.5. The third kappa shape index (κ3) is 7.24. The molecule has 0 unspecified atom stereocenters. The summed E-state index contributed by atoms with van der Waals surface area (Å²) in [5, 5.41) is 2.97. The first-order chi connectivity index (χ1) is 20.8. The standard InChI is InChI=1S/C34H38N4O5/c1-23(2)24-10-14-27(15-11-24)38-21-31(25-12-16-28(41-3)17-13-25)35-34(38)36-32(39)22-37(20-30-9-6-18-43-30)33(40)26-7-5-8-29(19-26)42-4/h5,7-8,10-17,19,21,23,30H,6,9,18,20,22H2,1-4H3,(H,35,36,39)/t30-/m1/s1. The summed E-state index contributed by atoms with van der Waals surface area (Å²) in [6.07, 6.45) is 3.54. The average molecular weight is 583 g/mol. The van der Waals surface area contributed by atoms with Crippen LogP contribution >= 0.6 is 0 Å². The summed E-state index contributed by atoms with van der Waals surface area (Å²) in [6.45, 7) is 5.10. The molecule has 1 N–H and O–H groups in total. The highest BCUT2D eigenvalue weighted by Gasteiger charge is 2.26. The number of methoxy groups -OCH3 is 2. The van der Waals surface area contributed by atoms with E-state index in [-0.39, 0.29) is 24.5 Å². The molecule has 0 radical (unpaired) electrons. The Balaban J connectivity index is 1.43. The van der Waals surface area contributed by atoms with E-state index in [9.17, 15) is 9.59 Å². The summed E-state index contributed by atoms with van der Waals surface area (Å²) in [7, 11) is 3.18. The van der Waals surface area contributed by atoms with Crippen LogP contribution in [0.4, 0.5) is 5.95 Å². The molecule has 0 bridgehead atoms. The Bertz CT molecular complexity index is 1540. The molecule has 1 saturated heterocycles. The monoisotopic (exact) mass is 582 g/mol. The van der Waals surface area contributed by atoms with E-state index in [1.54, 1.807) is 38.5 Å². The van der Waals surface area contributed by atoms with Crippen LogP contribution < -0.4 is 14.8 Å². The van der Waals surface area contributed by atoms with E-state index in [2.05, 4.69) is 31.3 Å². The van der Waals surface area contributed by atoms with Gasteiger partial charge < -0.3 is 19.1 Å². The summed E-state index contributed by atoms with van der Waals surface area (Å²) >= 11 is 0. The van der Waals surface area contributed by atoms with Crippen molar-refractivity contribution in [3.05, 3.63) is 90.1 Å². The van der Waals surface area contributed by atoms with Gasteiger partial charge in [0.2, 0.25) is 11.9 Å². The van der Waals surface area contributed by atoms with Crippen molar-refractivity contribution in [3.63, 3.8) is 0 Å². The summed E-state index contributed by atoms with van der Waals surface area (Å²) in [5.41, 5.74) is 4.08. The molecule has 1 aromatic heterocycles. The molecule has 9 nitrogen and oxygen atoms in total. The van der Waals surface area contributed by atoms with Gasteiger partial charge in [-0.3, -0.25) is 19.5 Å². The second kappa shape index (κ2) is 13.6. The van der Waals surface area contributed by atoms with Gasteiger partial charge in [0.15, 0.2) is 0 Å². The molecule has 1 aliphatic rings. The molecule has 4 aromatic rings. The Morgan fingerprint density at radius 2 is 1.77 bits per heavy atom.